The fraction of sp³-hybridized carbons (Fsp3) is 0.189. The van der Waals surface area contributed by atoms with Crippen molar-refractivity contribution in [3.05, 3.63) is 126 Å². The van der Waals surface area contributed by atoms with Gasteiger partial charge in [-0.1, -0.05) is 48.5 Å². The smallest absolute Gasteiger partial charge is 0.330 e. The lowest BCUT2D eigenvalue weighted by Gasteiger charge is -2.15. The number of hydrogen-bond acceptors (Lipinski definition) is 12. The number of amides is 2. The molecular weight excluding hydrogens is 668 g/mol. The maximum atomic E-state index is 12.9. The molecule has 5 rings (SSSR count). The number of carboxylic acids is 1. The number of aromatic hydroxyl groups is 1. The number of hydrogen-bond donors (Lipinski definition) is 7. The SMILES string of the molecule is O=C(NCCOCCOCCNc1nc(Nc2ccc(O)cc2)nc(Nc2ccc(C(=O)NC(C(=O)O)c3ccccc3)cc2)n1)c1ccccc1. The standard InChI is InChI=1S/C37H38N8O7/c46-30-17-15-29(16-18-30)41-37-44-35(39-20-22-52-24-23-51-21-19-38-32(47)26-9-5-2-6-10-26)43-36(45-37)40-28-13-11-27(12-14-28)33(48)42-31(34(49)50)25-7-3-1-4-8-25/h1-18,31,46H,19-24H2,(H,38,47)(H,42,48)(H,49,50)(H3,39,40,41,43,44,45). The van der Waals surface area contributed by atoms with Crippen LogP contribution in [-0.4, -0.2) is 82.5 Å². The van der Waals surface area contributed by atoms with Crippen molar-refractivity contribution in [2.45, 2.75) is 6.04 Å². The molecule has 0 spiro atoms. The first-order valence-corrected chi connectivity index (χ1v) is 16.3. The first-order valence-electron chi connectivity index (χ1n) is 16.3. The molecule has 5 aromatic rings. The Morgan fingerprint density at radius 3 is 1.71 bits per heavy atom. The second kappa shape index (κ2) is 19.0. The van der Waals surface area contributed by atoms with Crippen molar-refractivity contribution >= 4 is 47.0 Å². The van der Waals surface area contributed by atoms with Gasteiger partial charge in [-0.25, -0.2) is 4.79 Å². The summed E-state index contributed by atoms with van der Waals surface area (Å²) in [5, 5.41) is 34.0. The van der Waals surface area contributed by atoms with E-state index in [9.17, 15) is 24.6 Å². The number of nitrogens with zero attached hydrogens (tertiary/aromatic N) is 3. The summed E-state index contributed by atoms with van der Waals surface area (Å²) in [6, 6.07) is 29.0. The van der Waals surface area contributed by atoms with Crippen molar-refractivity contribution in [2.75, 3.05) is 55.5 Å². The molecule has 0 aliphatic carbocycles. The highest BCUT2D eigenvalue weighted by molar-refractivity contribution is 5.97. The van der Waals surface area contributed by atoms with Gasteiger partial charge in [0.1, 0.15) is 5.75 Å². The maximum Gasteiger partial charge on any atom is 0.330 e. The van der Waals surface area contributed by atoms with Crippen molar-refractivity contribution in [3.63, 3.8) is 0 Å². The van der Waals surface area contributed by atoms with Gasteiger partial charge in [-0.15, -0.1) is 0 Å². The van der Waals surface area contributed by atoms with Gasteiger partial charge in [0.2, 0.25) is 17.8 Å². The third-order valence-electron chi connectivity index (χ3n) is 7.29. The number of ether oxygens (including phenoxy) is 2. The van der Waals surface area contributed by atoms with Crippen LogP contribution in [0.4, 0.5) is 29.2 Å². The molecule has 0 aliphatic heterocycles. The van der Waals surface area contributed by atoms with E-state index in [0.29, 0.717) is 62.0 Å². The third kappa shape index (κ3) is 11.5. The van der Waals surface area contributed by atoms with Crippen LogP contribution in [0.2, 0.25) is 0 Å². The molecular formula is C37H38N8O7. The average molecular weight is 707 g/mol. The fourth-order valence-electron chi connectivity index (χ4n) is 4.71. The summed E-state index contributed by atoms with van der Waals surface area (Å²) >= 11 is 0. The van der Waals surface area contributed by atoms with E-state index in [1.807, 2.05) is 18.2 Å². The highest BCUT2D eigenvalue weighted by atomic mass is 16.5. The van der Waals surface area contributed by atoms with Crippen LogP contribution in [0.25, 0.3) is 0 Å². The van der Waals surface area contributed by atoms with Gasteiger partial charge in [-0.05, 0) is 66.2 Å². The molecule has 15 nitrogen and oxygen atoms in total. The Balaban J connectivity index is 1.12. The number of aromatic nitrogens is 3. The highest BCUT2D eigenvalue weighted by Gasteiger charge is 2.22. The van der Waals surface area contributed by atoms with E-state index in [0.717, 1.165) is 0 Å². The molecule has 0 saturated heterocycles. The monoisotopic (exact) mass is 706 g/mol. The number of carbonyl (C=O) groups excluding carboxylic acids is 2. The molecule has 1 unspecified atom stereocenters. The second-order valence-corrected chi connectivity index (χ2v) is 11.1. The Labute approximate surface area is 299 Å². The summed E-state index contributed by atoms with van der Waals surface area (Å²) < 4.78 is 11.2. The van der Waals surface area contributed by atoms with Crippen molar-refractivity contribution in [2.24, 2.45) is 0 Å². The summed E-state index contributed by atoms with van der Waals surface area (Å²) in [6.45, 7) is 2.15. The minimum absolute atomic E-state index is 0.113. The van der Waals surface area contributed by atoms with Crippen LogP contribution >= 0.6 is 0 Å². The van der Waals surface area contributed by atoms with Crippen LogP contribution in [0.1, 0.15) is 32.3 Å². The molecule has 52 heavy (non-hydrogen) atoms. The summed E-state index contributed by atoms with van der Waals surface area (Å²) in [5.74, 6) is -1.09. The van der Waals surface area contributed by atoms with E-state index in [1.54, 1.807) is 78.9 Å². The van der Waals surface area contributed by atoms with Gasteiger partial charge < -0.3 is 46.3 Å². The van der Waals surface area contributed by atoms with Crippen LogP contribution in [0, 0.1) is 0 Å². The quantitative estimate of drug-likeness (QED) is 0.0467. The first-order chi connectivity index (χ1) is 25.3. The van der Waals surface area contributed by atoms with E-state index in [4.69, 9.17) is 9.47 Å². The molecule has 1 heterocycles. The Kier molecular flexibility index (Phi) is 13.4. The fourth-order valence-corrected chi connectivity index (χ4v) is 4.71. The number of phenols is 1. The molecule has 1 aromatic heterocycles. The van der Waals surface area contributed by atoms with E-state index in [1.165, 1.54) is 12.1 Å². The van der Waals surface area contributed by atoms with Gasteiger partial charge in [0.05, 0.1) is 26.4 Å². The number of carboxylic acid groups (broad SMARTS) is 1. The van der Waals surface area contributed by atoms with Crippen molar-refractivity contribution in [3.8, 4) is 5.75 Å². The number of aliphatic carboxylic acids is 1. The summed E-state index contributed by atoms with van der Waals surface area (Å²) in [4.78, 5) is 50.1. The van der Waals surface area contributed by atoms with Crippen molar-refractivity contribution in [1.82, 2.24) is 25.6 Å². The lowest BCUT2D eigenvalue weighted by atomic mass is 10.1. The van der Waals surface area contributed by atoms with E-state index in [2.05, 4.69) is 41.5 Å². The molecule has 0 aliphatic rings. The van der Waals surface area contributed by atoms with Gasteiger partial charge in [0, 0.05) is 35.6 Å². The molecule has 0 radical (unpaired) electrons. The van der Waals surface area contributed by atoms with Crippen LogP contribution in [0.3, 0.4) is 0 Å². The lowest BCUT2D eigenvalue weighted by molar-refractivity contribution is -0.139. The van der Waals surface area contributed by atoms with Crippen molar-refractivity contribution < 1.29 is 34.1 Å². The minimum Gasteiger partial charge on any atom is -0.508 e. The molecule has 4 aromatic carbocycles. The minimum atomic E-state index is -1.20. The topological polar surface area (TPSA) is 209 Å². The average Bonchev–Trinajstić information content (AvgIpc) is 3.16. The Hall–Kier alpha value is -6.58. The molecule has 2 amide bonds. The van der Waals surface area contributed by atoms with Crippen LogP contribution in [0.15, 0.2) is 109 Å². The van der Waals surface area contributed by atoms with Gasteiger partial charge in [-0.3, -0.25) is 9.59 Å². The molecule has 1 atom stereocenters. The van der Waals surface area contributed by atoms with Crippen molar-refractivity contribution in [1.29, 1.82) is 0 Å². The zero-order chi connectivity index (χ0) is 36.5. The summed E-state index contributed by atoms with van der Waals surface area (Å²) in [6.07, 6.45) is 0. The maximum absolute atomic E-state index is 12.9. The number of anilines is 5. The van der Waals surface area contributed by atoms with Crippen LogP contribution in [-0.2, 0) is 14.3 Å². The zero-order valence-corrected chi connectivity index (χ0v) is 28.0. The van der Waals surface area contributed by atoms with E-state index in [-0.39, 0.29) is 35.1 Å². The van der Waals surface area contributed by atoms with E-state index < -0.39 is 17.9 Å². The number of phenolic OH excluding ortho intramolecular Hbond substituents is 1. The van der Waals surface area contributed by atoms with E-state index >= 15 is 0 Å². The summed E-state index contributed by atoms with van der Waals surface area (Å²) in [7, 11) is 0. The number of rotatable bonds is 19. The molecule has 0 fully saturated rings. The van der Waals surface area contributed by atoms with Crippen LogP contribution < -0.4 is 26.6 Å². The number of nitrogens with one attached hydrogen (secondary N) is 5. The lowest BCUT2D eigenvalue weighted by Crippen LogP contribution is -2.33. The molecule has 0 saturated carbocycles. The Bertz CT molecular complexity index is 1900. The zero-order valence-electron chi connectivity index (χ0n) is 28.0. The first kappa shape index (κ1) is 36.7. The third-order valence-corrected chi connectivity index (χ3v) is 7.29. The number of carbonyl (C=O) groups is 3. The molecule has 15 heteroatoms. The predicted octanol–water partition coefficient (Wildman–Crippen LogP) is 4.50. The largest absolute Gasteiger partial charge is 0.508 e. The Morgan fingerprint density at radius 1 is 0.596 bits per heavy atom. The van der Waals surface area contributed by atoms with Crippen LogP contribution in [0.5, 0.6) is 5.75 Å². The predicted molar refractivity (Wildman–Crippen MR) is 194 cm³/mol. The molecule has 268 valence electrons. The van der Waals surface area contributed by atoms with Gasteiger partial charge in [-0.2, -0.15) is 15.0 Å². The Morgan fingerprint density at radius 2 is 1.12 bits per heavy atom. The van der Waals surface area contributed by atoms with Gasteiger partial charge in [0.25, 0.3) is 11.8 Å². The second-order valence-electron chi connectivity index (χ2n) is 11.1. The van der Waals surface area contributed by atoms with Gasteiger partial charge in [0.15, 0.2) is 6.04 Å². The highest BCUT2D eigenvalue weighted by Crippen LogP contribution is 2.21. The molecule has 0 bridgehead atoms. The number of benzene rings is 4. The van der Waals surface area contributed by atoms with Gasteiger partial charge >= 0.3 is 5.97 Å². The summed E-state index contributed by atoms with van der Waals surface area (Å²) in [5.41, 5.74) is 2.51. The molecule has 7 N–H and O–H groups in total. The normalized spacial score (nSPS) is 11.2.